The van der Waals surface area contributed by atoms with Gasteiger partial charge in [-0.25, -0.2) is 4.98 Å². The first-order valence-corrected chi connectivity index (χ1v) is 5.77. The molecule has 0 aliphatic heterocycles. The average molecular weight is 283 g/mol. The first-order chi connectivity index (χ1) is 9.41. The van der Waals surface area contributed by atoms with E-state index in [4.69, 9.17) is 4.74 Å². The van der Waals surface area contributed by atoms with Gasteiger partial charge in [-0.05, 0) is 23.8 Å². The van der Waals surface area contributed by atoms with Gasteiger partial charge in [0.05, 0.1) is 12.7 Å². The molecule has 0 amide bonds. The molecule has 106 valence electrons. The summed E-state index contributed by atoms with van der Waals surface area (Å²) in [4.78, 5) is 3.94. The molecule has 0 aliphatic carbocycles. The fraction of sp³-hybridized carbons (Fsp3) is 0.214. The maximum atomic E-state index is 12.4. The normalized spacial score (nSPS) is 13.1. The molecule has 1 atom stereocenters. The molecular weight excluding hydrogens is 271 g/mol. The van der Waals surface area contributed by atoms with E-state index in [1.807, 2.05) is 0 Å². The second kappa shape index (κ2) is 5.50. The first kappa shape index (κ1) is 14.3. The molecule has 0 saturated carbocycles. The summed E-state index contributed by atoms with van der Waals surface area (Å²) in [6.07, 6.45) is -4.00. The van der Waals surface area contributed by atoms with Crippen molar-refractivity contribution in [2.75, 3.05) is 7.11 Å². The molecule has 1 aromatic carbocycles. The van der Waals surface area contributed by atoms with Crippen molar-refractivity contribution in [3.8, 4) is 5.88 Å². The highest BCUT2D eigenvalue weighted by molar-refractivity contribution is 5.32. The number of nitrogens with zero attached hydrogens (tertiary/aromatic N) is 1. The third-order valence-electron chi connectivity index (χ3n) is 2.84. The number of methoxy groups -OCH3 is 1. The van der Waals surface area contributed by atoms with E-state index < -0.39 is 17.8 Å². The Labute approximate surface area is 113 Å². The van der Waals surface area contributed by atoms with Crippen LogP contribution < -0.4 is 4.74 Å². The molecule has 1 aromatic heterocycles. The molecule has 0 radical (unpaired) electrons. The van der Waals surface area contributed by atoms with E-state index in [1.54, 1.807) is 12.1 Å². The molecule has 1 unspecified atom stereocenters. The Morgan fingerprint density at radius 1 is 1.05 bits per heavy atom. The molecule has 3 nitrogen and oxygen atoms in total. The molecule has 20 heavy (non-hydrogen) atoms. The number of aliphatic hydroxyl groups excluding tert-OH is 1. The molecule has 0 saturated heterocycles. The van der Waals surface area contributed by atoms with Gasteiger partial charge in [0.25, 0.3) is 0 Å². The largest absolute Gasteiger partial charge is 0.481 e. The Morgan fingerprint density at radius 3 is 2.10 bits per heavy atom. The highest BCUT2D eigenvalue weighted by atomic mass is 19.4. The van der Waals surface area contributed by atoms with Crippen LogP contribution in [0.15, 0.2) is 42.6 Å². The van der Waals surface area contributed by atoms with Crippen molar-refractivity contribution in [3.63, 3.8) is 0 Å². The minimum atomic E-state index is -4.38. The number of benzene rings is 1. The molecule has 2 rings (SSSR count). The van der Waals surface area contributed by atoms with Crippen LogP contribution in [-0.2, 0) is 6.18 Å². The monoisotopic (exact) mass is 283 g/mol. The van der Waals surface area contributed by atoms with E-state index in [-0.39, 0.29) is 0 Å². The van der Waals surface area contributed by atoms with E-state index in [1.165, 1.54) is 25.4 Å². The lowest BCUT2D eigenvalue weighted by molar-refractivity contribution is -0.137. The molecule has 2 aromatic rings. The zero-order valence-electron chi connectivity index (χ0n) is 10.6. The van der Waals surface area contributed by atoms with Gasteiger partial charge in [0.15, 0.2) is 0 Å². The second-order valence-electron chi connectivity index (χ2n) is 4.16. The maximum absolute atomic E-state index is 12.4. The number of halogens is 3. The summed E-state index contributed by atoms with van der Waals surface area (Å²) in [7, 11) is 1.47. The molecule has 0 fully saturated rings. The smallest absolute Gasteiger partial charge is 0.416 e. The quantitative estimate of drug-likeness (QED) is 0.940. The van der Waals surface area contributed by atoms with Crippen LogP contribution in [0.5, 0.6) is 5.88 Å². The van der Waals surface area contributed by atoms with Crippen LogP contribution >= 0.6 is 0 Å². The number of pyridine rings is 1. The zero-order chi connectivity index (χ0) is 14.8. The first-order valence-electron chi connectivity index (χ1n) is 5.77. The predicted molar refractivity (Wildman–Crippen MR) is 66.3 cm³/mol. The van der Waals surface area contributed by atoms with Gasteiger partial charge < -0.3 is 9.84 Å². The SMILES string of the molecule is COc1ccc(C(O)c2ccc(C(F)(F)F)cc2)cn1. The maximum Gasteiger partial charge on any atom is 0.416 e. The van der Waals surface area contributed by atoms with Crippen LogP contribution in [-0.4, -0.2) is 17.2 Å². The van der Waals surface area contributed by atoms with E-state index in [0.717, 1.165) is 12.1 Å². The molecule has 0 aliphatic rings. The standard InChI is InChI=1S/C14H12F3NO2/c1-20-12-7-4-10(8-18-12)13(19)9-2-5-11(6-3-9)14(15,16)17/h2-8,13,19H,1H3. The summed E-state index contributed by atoms with van der Waals surface area (Å²) >= 11 is 0. The topological polar surface area (TPSA) is 42.4 Å². The molecule has 1 N–H and O–H groups in total. The lowest BCUT2D eigenvalue weighted by Crippen LogP contribution is -2.06. The predicted octanol–water partition coefficient (Wildman–Crippen LogP) is 3.19. The third kappa shape index (κ3) is 3.08. The number of alkyl halides is 3. The van der Waals surface area contributed by atoms with Crippen molar-refractivity contribution in [2.45, 2.75) is 12.3 Å². The van der Waals surface area contributed by atoms with Crippen molar-refractivity contribution >= 4 is 0 Å². The van der Waals surface area contributed by atoms with Gasteiger partial charge in [0, 0.05) is 17.8 Å². The summed E-state index contributed by atoms with van der Waals surface area (Å²) in [5.41, 5.74) is 0.0943. The number of aliphatic hydroxyl groups is 1. The molecule has 0 spiro atoms. The average Bonchev–Trinajstić information content (AvgIpc) is 2.46. The number of rotatable bonds is 3. The Hall–Kier alpha value is -2.08. The van der Waals surface area contributed by atoms with Crippen LogP contribution in [0.4, 0.5) is 13.2 Å². The molecule has 1 heterocycles. The van der Waals surface area contributed by atoms with Gasteiger partial charge in [-0.1, -0.05) is 12.1 Å². The van der Waals surface area contributed by atoms with E-state index in [2.05, 4.69) is 4.98 Å². The van der Waals surface area contributed by atoms with Crippen molar-refractivity contribution < 1.29 is 23.0 Å². The summed E-state index contributed by atoms with van der Waals surface area (Å²) in [6, 6.07) is 7.55. The molecule has 0 bridgehead atoms. The Morgan fingerprint density at radius 2 is 1.65 bits per heavy atom. The minimum Gasteiger partial charge on any atom is -0.481 e. The van der Waals surface area contributed by atoms with Gasteiger partial charge in [-0.2, -0.15) is 13.2 Å². The van der Waals surface area contributed by atoms with E-state index in [9.17, 15) is 18.3 Å². The van der Waals surface area contributed by atoms with Crippen LogP contribution in [0.1, 0.15) is 22.8 Å². The van der Waals surface area contributed by atoms with E-state index in [0.29, 0.717) is 17.0 Å². The number of ether oxygens (including phenoxy) is 1. The van der Waals surface area contributed by atoms with Crippen molar-refractivity contribution in [1.82, 2.24) is 4.98 Å². The zero-order valence-corrected chi connectivity index (χ0v) is 10.6. The van der Waals surface area contributed by atoms with Crippen molar-refractivity contribution in [3.05, 3.63) is 59.3 Å². The number of hydrogen-bond donors (Lipinski definition) is 1. The van der Waals surface area contributed by atoms with E-state index >= 15 is 0 Å². The summed E-state index contributed by atoms with van der Waals surface area (Å²) in [5, 5.41) is 10.1. The van der Waals surface area contributed by atoms with Crippen LogP contribution in [0.25, 0.3) is 0 Å². The highest BCUT2D eigenvalue weighted by Gasteiger charge is 2.30. The summed E-state index contributed by atoms with van der Waals surface area (Å²) in [6.45, 7) is 0. The van der Waals surface area contributed by atoms with Gasteiger partial charge >= 0.3 is 6.18 Å². The lowest BCUT2D eigenvalue weighted by Gasteiger charge is -2.13. The lowest BCUT2D eigenvalue weighted by atomic mass is 10.0. The molecular formula is C14H12F3NO2. The third-order valence-corrected chi connectivity index (χ3v) is 2.84. The van der Waals surface area contributed by atoms with Crippen LogP contribution in [0.3, 0.4) is 0 Å². The van der Waals surface area contributed by atoms with Gasteiger partial charge in [-0.3, -0.25) is 0 Å². The van der Waals surface area contributed by atoms with Gasteiger partial charge in [0.2, 0.25) is 5.88 Å². The fourth-order valence-corrected chi connectivity index (χ4v) is 1.72. The minimum absolute atomic E-state index is 0.366. The van der Waals surface area contributed by atoms with Crippen molar-refractivity contribution in [1.29, 1.82) is 0 Å². The Kier molecular flexibility index (Phi) is 3.94. The van der Waals surface area contributed by atoms with Crippen LogP contribution in [0, 0.1) is 0 Å². The van der Waals surface area contributed by atoms with Gasteiger partial charge in [0.1, 0.15) is 6.10 Å². The number of aromatic nitrogens is 1. The fourth-order valence-electron chi connectivity index (χ4n) is 1.72. The van der Waals surface area contributed by atoms with Gasteiger partial charge in [-0.15, -0.1) is 0 Å². The summed E-state index contributed by atoms with van der Waals surface area (Å²) in [5.74, 6) is 0.397. The second-order valence-corrected chi connectivity index (χ2v) is 4.16. The Bertz CT molecular complexity index is 564. The Balaban J connectivity index is 2.22. The number of hydrogen-bond acceptors (Lipinski definition) is 3. The van der Waals surface area contributed by atoms with Crippen molar-refractivity contribution in [2.24, 2.45) is 0 Å². The summed E-state index contributed by atoms with van der Waals surface area (Å²) < 4.78 is 42.2. The highest BCUT2D eigenvalue weighted by Crippen LogP contribution is 2.31. The van der Waals surface area contributed by atoms with Crippen LogP contribution in [0.2, 0.25) is 0 Å². The molecule has 6 heteroatoms.